The SMILES string of the molecule is CCOC(=O)N1CCN(C(=O)[C@H](CCCN/C(N)=N/S(=O)(=O)c2c(C)c(C)c3c(c2C)CC(C)O3)NC(=O)OC(C)(C)C)CC1. The number of hydrogen-bond acceptors (Lipinski definition) is 8. The lowest BCUT2D eigenvalue weighted by Gasteiger charge is -2.36. The molecule has 4 N–H and O–H groups in total. The molecule has 0 aliphatic carbocycles. The van der Waals surface area contributed by atoms with Gasteiger partial charge in [-0.15, -0.1) is 4.40 Å². The number of carbonyl (C=O) groups excluding carboxylic acids is 3. The Bertz CT molecular complexity index is 1410. The van der Waals surface area contributed by atoms with Gasteiger partial charge in [0, 0.05) is 44.7 Å². The Hall–Kier alpha value is -3.75. The molecule has 2 heterocycles. The summed E-state index contributed by atoms with van der Waals surface area (Å²) in [6, 6.07) is -0.915. The predicted octanol–water partition coefficient (Wildman–Crippen LogP) is 2.50. The highest BCUT2D eigenvalue weighted by Crippen LogP contribution is 2.41. The number of ether oxygens (including phenoxy) is 3. The van der Waals surface area contributed by atoms with Crippen molar-refractivity contribution in [3.8, 4) is 5.75 Å². The van der Waals surface area contributed by atoms with E-state index in [1.165, 1.54) is 4.90 Å². The molecule has 1 saturated heterocycles. The number of alkyl carbamates (subject to hydrolysis) is 1. The molecule has 1 fully saturated rings. The molecule has 3 amide bonds. The number of amides is 3. The van der Waals surface area contributed by atoms with Gasteiger partial charge in [-0.3, -0.25) is 4.79 Å². The number of benzene rings is 1. The number of nitrogens with one attached hydrogen (secondary N) is 2. The molecule has 252 valence electrons. The smallest absolute Gasteiger partial charge is 0.409 e. The zero-order valence-electron chi connectivity index (χ0n) is 27.6. The van der Waals surface area contributed by atoms with Crippen molar-refractivity contribution < 1.29 is 37.0 Å². The molecule has 1 unspecified atom stereocenters. The minimum absolute atomic E-state index is 0.0419. The summed E-state index contributed by atoms with van der Waals surface area (Å²) in [6.07, 6.45) is -0.0395. The second-order valence-corrected chi connectivity index (χ2v) is 13.9. The first-order valence-electron chi connectivity index (χ1n) is 15.3. The minimum atomic E-state index is -4.14. The zero-order valence-corrected chi connectivity index (χ0v) is 28.4. The second-order valence-electron chi connectivity index (χ2n) is 12.4. The molecule has 0 spiro atoms. The molecule has 0 saturated carbocycles. The van der Waals surface area contributed by atoms with Crippen LogP contribution in [0.1, 0.15) is 69.7 Å². The van der Waals surface area contributed by atoms with E-state index in [4.69, 9.17) is 19.9 Å². The molecule has 1 aromatic carbocycles. The fourth-order valence-electron chi connectivity index (χ4n) is 5.46. The topological polar surface area (TPSA) is 182 Å². The second kappa shape index (κ2) is 14.6. The summed E-state index contributed by atoms with van der Waals surface area (Å²) in [6.45, 7) is 15.8. The van der Waals surface area contributed by atoms with Crippen molar-refractivity contribution in [2.75, 3.05) is 39.3 Å². The molecule has 2 aliphatic rings. The summed E-state index contributed by atoms with van der Waals surface area (Å²) < 4.78 is 46.9. The Labute approximate surface area is 266 Å². The van der Waals surface area contributed by atoms with Gasteiger partial charge in [-0.25, -0.2) is 9.59 Å². The number of hydrogen-bond donors (Lipinski definition) is 3. The van der Waals surface area contributed by atoms with Crippen molar-refractivity contribution in [2.24, 2.45) is 10.1 Å². The zero-order chi connectivity index (χ0) is 33.7. The Morgan fingerprint density at radius 1 is 1.07 bits per heavy atom. The van der Waals surface area contributed by atoms with Crippen LogP contribution in [0.25, 0.3) is 0 Å². The van der Waals surface area contributed by atoms with E-state index in [2.05, 4.69) is 15.0 Å². The van der Waals surface area contributed by atoms with Gasteiger partial charge in [-0.2, -0.15) is 8.42 Å². The van der Waals surface area contributed by atoms with E-state index >= 15 is 0 Å². The van der Waals surface area contributed by atoms with Crippen LogP contribution in [0.5, 0.6) is 5.75 Å². The molecule has 0 bridgehead atoms. The van der Waals surface area contributed by atoms with Crippen molar-refractivity contribution in [3.63, 3.8) is 0 Å². The van der Waals surface area contributed by atoms with E-state index in [0.717, 1.165) is 16.9 Å². The Morgan fingerprint density at radius 2 is 1.69 bits per heavy atom. The Balaban J connectivity index is 1.66. The maximum atomic E-state index is 13.4. The first kappa shape index (κ1) is 35.7. The van der Waals surface area contributed by atoms with E-state index in [-0.39, 0.29) is 55.5 Å². The number of fused-ring (bicyclic) bond motifs is 1. The lowest BCUT2D eigenvalue weighted by molar-refractivity contribution is -0.135. The molecule has 2 aliphatic heterocycles. The van der Waals surface area contributed by atoms with Crippen LogP contribution in [0.3, 0.4) is 0 Å². The van der Waals surface area contributed by atoms with Gasteiger partial charge in [0.15, 0.2) is 0 Å². The van der Waals surface area contributed by atoms with Crippen molar-refractivity contribution >= 4 is 34.1 Å². The van der Waals surface area contributed by atoms with Crippen LogP contribution in [-0.2, 0) is 30.7 Å². The summed E-state index contributed by atoms with van der Waals surface area (Å²) in [5.74, 6) is 0.135. The van der Waals surface area contributed by atoms with Gasteiger partial charge in [-0.1, -0.05) is 0 Å². The summed E-state index contributed by atoms with van der Waals surface area (Å²) in [5.41, 5.74) is 8.03. The number of rotatable bonds is 9. The van der Waals surface area contributed by atoms with Crippen LogP contribution in [0.2, 0.25) is 0 Å². The van der Waals surface area contributed by atoms with Gasteiger partial charge in [0.2, 0.25) is 11.9 Å². The normalized spacial score (nSPS) is 17.7. The fraction of sp³-hybridized carbons (Fsp3) is 0.667. The number of nitrogens with zero attached hydrogens (tertiary/aromatic N) is 3. The molecule has 0 radical (unpaired) electrons. The molecule has 1 aromatic rings. The molecular weight excluding hydrogens is 604 g/mol. The lowest BCUT2D eigenvalue weighted by atomic mass is 9.97. The summed E-state index contributed by atoms with van der Waals surface area (Å²) in [7, 11) is -4.14. The number of sulfonamides is 1. The lowest BCUT2D eigenvalue weighted by Crippen LogP contribution is -2.56. The Morgan fingerprint density at radius 3 is 2.29 bits per heavy atom. The van der Waals surface area contributed by atoms with E-state index < -0.39 is 33.9 Å². The van der Waals surface area contributed by atoms with Crippen LogP contribution in [0, 0.1) is 20.8 Å². The van der Waals surface area contributed by atoms with Crippen LogP contribution in [0.15, 0.2) is 9.29 Å². The van der Waals surface area contributed by atoms with Gasteiger partial charge in [0.1, 0.15) is 23.5 Å². The van der Waals surface area contributed by atoms with E-state index in [1.807, 2.05) is 13.8 Å². The maximum Gasteiger partial charge on any atom is 0.409 e. The monoisotopic (exact) mass is 652 g/mol. The quantitative estimate of drug-likeness (QED) is 0.204. The van der Waals surface area contributed by atoms with Crippen molar-refractivity contribution in [3.05, 3.63) is 22.3 Å². The van der Waals surface area contributed by atoms with Gasteiger partial charge in [0.25, 0.3) is 10.0 Å². The third-order valence-corrected chi connectivity index (χ3v) is 9.25. The molecule has 2 atom stereocenters. The van der Waals surface area contributed by atoms with Gasteiger partial charge < -0.3 is 40.4 Å². The van der Waals surface area contributed by atoms with E-state index in [0.29, 0.717) is 37.1 Å². The third kappa shape index (κ3) is 9.14. The van der Waals surface area contributed by atoms with Crippen molar-refractivity contribution in [2.45, 2.75) is 97.3 Å². The number of carbonyl (C=O) groups is 3. The molecular formula is C30H48N6O8S. The third-order valence-electron chi connectivity index (χ3n) is 7.68. The largest absolute Gasteiger partial charge is 0.490 e. The Kier molecular flexibility index (Phi) is 11.6. The molecule has 14 nitrogen and oxygen atoms in total. The highest BCUT2D eigenvalue weighted by molar-refractivity contribution is 7.90. The van der Waals surface area contributed by atoms with Crippen LogP contribution in [0.4, 0.5) is 9.59 Å². The van der Waals surface area contributed by atoms with Gasteiger partial charge >= 0.3 is 12.2 Å². The van der Waals surface area contributed by atoms with Gasteiger partial charge in [-0.05, 0) is 84.9 Å². The molecule has 3 rings (SSSR count). The minimum Gasteiger partial charge on any atom is -0.490 e. The summed E-state index contributed by atoms with van der Waals surface area (Å²) in [5, 5.41) is 5.48. The first-order valence-corrected chi connectivity index (χ1v) is 16.7. The summed E-state index contributed by atoms with van der Waals surface area (Å²) in [4.78, 5) is 41.3. The number of piperazine rings is 1. The predicted molar refractivity (Wildman–Crippen MR) is 169 cm³/mol. The average Bonchev–Trinajstić information content (AvgIpc) is 3.34. The molecule has 0 aromatic heterocycles. The number of nitrogens with two attached hydrogens (primary N) is 1. The highest BCUT2D eigenvalue weighted by Gasteiger charge is 2.33. The average molecular weight is 653 g/mol. The molecule has 45 heavy (non-hydrogen) atoms. The highest BCUT2D eigenvalue weighted by atomic mass is 32.2. The fourth-order valence-corrected chi connectivity index (χ4v) is 6.92. The van der Waals surface area contributed by atoms with Crippen LogP contribution < -0.4 is 21.1 Å². The van der Waals surface area contributed by atoms with E-state index in [9.17, 15) is 22.8 Å². The number of guanidine groups is 1. The van der Waals surface area contributed by atoms with Crippen molar-refractivity contribution in [1.82, 2.24) is 20.4 Å². The van der Waals surface area contributed by atoms with E-state index in [1.54, 1.807) is 46.4 Å². The first-order chi connectivity index (χ1) is 20.9. The van der Waals surface area contributed by atoms with Crippen LogP contribution in [-0.4, -0.2) is 99.3 Å². The van der Waals surface area contributed by atoms with Crippen molar-refractivity contribution in [1.29, 1.82) is 0 Å². The van der Waals surface area contributed by atoms with Crippen LogP contribution >= 0.6 is 0 Å². The van der Waals surface area contributed by atoms with Gasteiger partial charge in [0.05, 0.1) is 11.5 Å². The summed E-state index contributed by atoms with van der Waals surface area (Å²) >= 11 is 0. The standard InChI is InChI=1S/C30H48N6O8S/c1-9-42-29(39)36-15-13-35(14-16-36)26(37)23(33-28(38)44-30(6,7)8)11-10-12-32-27(31)34-45(40,41)25-20(4)19(3)24-22(21(25)5)17-18(2)43-24/h18,23H,9-17H2,1-8H3,(H,33,38)(H3,31,32,34)/t18?,23-/m0/s1. The maximum absolute atomic E-state index is 13.4. The molecule has 15 heteroatoms.